The summed E-state index contributed by atoms with van der Waals surface area (Å²) < 4.78 is 16.0. The van der Waals surface area contributed by atoms with E-state index >= 15 is 0 Å². The first-order chi connectivity index (χ1) is 13.8. The Morgan fingerprint density at radius 1 is 1.18 bits per heavy atom. The van der Waals surface area contributed by atoms with Gasteiger partial charge in [0.05, 0.1) is 12.0 Å². The van der Waals surface area contributed by atoms with E-state index in [1.165, 1.54) is 38.8 Å². The fourth-order valence-corrected chi connectivity index (χ4v) is 3.55. The van der Waals surface area contributed by atoms with E-state index < -0.39 is 0 Å². The Hall–Kier alpha value is -2.41. The molecule has 1 aliphatic heterocycles. The summed E-state index contributed by atoms with van der Waals surface area (Å²) in [6.45, 7) is 4.99. The third-order valence-corrected chi connectivity index (χ3v) is 5.12. The maximum atomic E-state index is 14.3. The van der Waals surface area contributed by atoms with Crippen LogP contribution in [0, 0.1) is 5.82 Å². The van der Waals surface area contributed by atoms with Gasteiger partial charge in [-0.1, -0.05) is 18.9 Å². The topological polar surface area (TPSA) is 57.5 Å². The number of halogens is 1. The van der Waals surface area contributed by atoms with Gasteiger partial charge in [-0.3, -0.25) is 4.99 Å². The van der Waals surface area contributed by atoms with Crippen LogP contribution < -0.4 is 10.6 Å². The van der Waals surface area contributed by atoms with Gasteiger partial charge in [0.15, 0.2) is 5.96 Å². The minimum absolute atomic E-state index is 0.266. The molecule has 0 spiro atoms. The number of aliphatic imine (C=N–C) groups is 1. The molecule has 7 heteroatoms. The lowest BCUT2D eigenvalue weighted by atomic mass is 10.2. The second-order valence-electron chi connectivity index (χ2n) is 7.22. The molecule has 1 aromatic carbocycles. The van der Waals surface area contributed by atoms with Gasteiger partial charge in [0.1, 0.15) is 5.82 Å². The van der Waals surface area contributed by atoms with Crippen LogP contribution in [0.3, 0.4) is 0 Å². The van der Waals surface area contributed by atoms with E-state index in [1.54, 1.807) is 42.5 Å². The molecule has 0 bridgehead atoms. The van der Waals surface area contributed by atoms with E-state index in [1.807, 2.05) is 6.07 Å². The van der Waals surface area contributed by atoms with Crippen molar-refractivity contribution < 1.29 is 4.39 Å². The fraction of sp³-hybridized carbons (Fsp3) is 0.524. The van der Waals surface area contributed by atoms with Crippen molar-refractivity contribution in [1.29, 1.82) is 0 Å². The Bertz CT molecular complexity index is 735. The van der Waals surface area contributed by atoms with Crippen molar-refractivity contribution in [3.63, 3.8) is 0 Å². The molecule has 1 fully saturated rings. The summed E-state index contributed by atoms with van der Waals surface area (Å²) in [6, 6.07) is 5.23. The maximum Gasteiger partial charge on any atom is 0.191 e. The minimum Gasteiger partial charge on any atom is -0.356 e. The molecule has 2 heterocycles. The van der Waals surface area contributed by atoms with E-state index in [0.29, 0.717) is 12.2 Å². The van der Waals surface area contributed by atoms with Gasteiger partial charge in [0, 0.05) is 32.5 Å². The van der Waals surface area contributed by atoms with Gasteiger partial charge >= 0.3 is 0 Å². The zero-order chi connectivity index (χ0) is 19.6. The first-order valence-corrected chi connectivity index (χ1v) is 10.2. The van der Waals surface area contributed by atoms with Gasteiger partial charge in [0.2, 0.25) is 0 Å². The Morgan fingerprint density at radius 3 is 2.68 bits per heavy atom. The Kier molecular flexibility index (Phi) is 7.84. The predicted molar refractivity (Wildman–Crippen MR) is 111 cm³/mol. The van der Waals surface area contributed by atoms with Crippen molar-refractivity contribution in [2.75, 3.05) is 33.2 Å². The highest BCUT2D eigenvalue weighted by molar-refractivity contribution is 5.79. The average Bonchev–Trinajstić information content (AvgIpc) is 3.11. The standard InChI is InChI=1S/C21H31FN6/c1-23-21(25-9-6-13-27-11-4-2-3-5-12-27)26-16-18-7-8-20(19(22)15-18)28-14-10-24-17-28/h7-8,10,14-15,17H,2-6,9,11-13,16H2,1H3,(H2,23,25,26). The van der Waals surface area contributed by atoms with Crippen molar-refractivity contribution in [3.8, 4) is 5.69 Å². The third kappa shape index (κ3) is 6.05. The first-order valence-electron chi connectivity index (χ1n) is 10.2. The molecule has 0 atom stereocenters. The van der Waals surface area contributed by atoms with Gasteiger partial charge in [-0.2, -0.15) is 0 Å². The fourth-order valence-electron chi connectivity index (χ4n) is 3.55. The zero-order valence-corrected chi connectivity index (χ0v) is 16.7. The van der Waals surface area contributed by atoms with Crippen LogP contribution >= 0.6 is 0 Å². The lowest BCUT2D eigenvalue weighted by Gasteiger charge is -2.20. The molecule has 1 aromatic heterocycles. The Balaban J connectivity index is 1.40. The Morgan fingerprint density at radius 2 is 2.00 bits per heavy atom. The number of guanidine groups is 1. The van der Waals surface area contributed by atoms with Crippen molar-refractivity contribution in [2.45, 2.75) is 38.6 Å². The molecule has 0 amide bonds. The van der Waals surface area contributed by atoms with Crippen LogP contribution in [-0.4, -0.2) is 53.6 Å². The van der Waals surface area contributed by atoms with Crippen LogP contribution in [0.15, 0.2) is 41.9 Å². The molecule has 28 heavy (non-hydrogen) atoms. The van der Waals surface area contributed by atoms with Crippen molar-refractivity contribution in [1.82, 2.24) is 25.1 Å². The summed E-state index contributed by atoms with van der Waals surface area (Å²) in [6.07, 6.45) is 11.4. The highest BCUT2D eigenvalue weighted by Gasteiger charge is 2.09. The van der Waals surface area contributed by atoms with E-state index in [4.69, 9.17) is 0 Å². The Labute approximate surface area is 166 Å². The summed E-state index contributed by atoms with van der Waals surface area (Å²) >= 11 is 0. The quantitative estimate of drug-likeness (QED) is 0.436. The summed E-state index contributed by atoms with van der Waals surface area (Å²) in [5.74, 6) is 0.479. The van der Waals surface area contributed by atoms with Crippen molar-refractivity contribution in [2.24, 2.45) is 4.99 Å². The highest BCUT2D eigenvalue weighted by Crippen LogP contribution is 2.15. The van der Waals surface area contributed by atoms with Gasteiger partial charge in [-0.15, -0.1) is 0 Å². The van der Waals surface area contributed by atoms with Gasteiger partial charge in [0.25, 0.3) is 0 Å². The number of aromatic nitrogens is 2. The smallest absolute Gasteiger partial charge is 0.191 e. The lowest BCUT2D eigenvalue weighted by molar-refractivity contribution is 0.282. The van der Waals surface area contributed by atoms with Crippen LogP contribution in [0.4, 0.5) is 4.39 Å². The summed E-state index contributed by atoms with van der Waals surface area (Å²) in [7, 11) is 1.76. The molecule has 152 valence electrons. The SMILES string of the molecule is CN=C(NCCCN1CCCCCC1)NCc1ccc(-n2ccnc2)c(F)c1. The average molecular weight is 387 g/mol. The molecular formula is C21H31FN6. The monoisotopic (exact) mass is 386 g/mol. The number of nitrogens with one attached hydrogen (secondary N) is 2. The van der Waals surface area contributed by atoms with Crippen LogP contribution in [0.5, 0.6) is 0 Å². The van der Waals surface area contributed by atoms with E-state index in [9.17, 15) is 4.39 Å². The second kappa shape index (κ2) is 10.8. The lowest BCUT2D eigenvalue weighted by Crippen LogP contribution is -2.38. The number of hydrogen-bond donors (Lipinski definition) is 2. The zero-order valence-electron chi connectivity index (χ0n) is 16.7. The van der Waals surface area contributed by atoms with E-state index in [0.717, 1.165) is 31.0 Å². The predicted octanol–water partition coefficient (Wildman–Crippen LogP) is 2.94. The van der Waals surface area contributed by atoms with E-state index in [2.05, 4.69) is 25.5 Å². The number of likely N-dealkylation sites (tertiary alicyclic amines) is 1. The molecule has 0 saturated carbocycles. The highest BCUT2D eigenvalue weighted by atomic mass is 19.1. The number of imidazole rings is 1. The molecule has 6 nitrogen and oxygen atoms in total. The van der Waals surface area contributed by atoms with E-state index in [-0.39, 0.29) is 5.82 Å². The maximum absolute atomic E-state index is 14.3. The summed E-state index contributed by atoms with van der Waals surface area (Å²) in [5, 5.41) is 6.60. The number of nitrogens with zero attached hydrogens (tertiary/aromatic N) is 4. The first kappa shape index (κ1) is 20.3. The molecule has 2 aromatic rings. The second-order valence-corrected chi connectivity index (χ2v) is 7.22. The van der Waals surface area contributed by atoms with Gasteiger partial charge in [-0.25, -0.2) is 9.37 Å². The molecule has 1 aliphatic rings. The third-order valence-electron chi connectivity index (χ3n) is 5.12. The number of hydrogen-bond acceptors (Lipinski definition) is 3. The normalized spacial score (nSPS) is 16.0. The summed E-state index contributed by atoms with van der Waals surface area (Å²) in [4.78, 5) is 10.8. The molecule has 0 aliphatic carbocycles. The van der Waals surface area contributed by atoms with Crippen molar-refractivity contribution >= 4 is 5.96 Å². The number of benzene rings is 1. The molecule has 1 saturated heterocycles. The molecular weight excluding hydrogens is 355 g/mol. The van der Waals surface area contributed by atoms with Crippen LogP contribution in [0.2, 0.25) is 0 Å². The molecule has 3 rings (SSSR count). The molecule has 0 unspecified atom stereocenters. The van der Waals surface area contributed by atoms with Crippen LogP contribution in [0.1, 0.15) is 37.7 Å². The van der Waals surface area contributed by atoms with Crippen LogP contribution in [0.25, 0.3) is 5.69 Å². The van der Waals surface area contributed by atoms with Gasteiger partial charge < -0.3 is 20.1 Å². The minimum atomic E-state index is -0.266. The number of rotatable bonds is 7. The van der Waals surface area contributed by atoms with Gasteiger partial charge in [-0.05, 0) is 56.6 Å². The van der Waals surface area contributed by atoms with Crippen molar-refractivity contribution in [3.05, 3.63) is 48.3 Å². The summed E-state index contributed by atoms with van der Waals surface area (Å²) in [5.41, 5.74) is 1.37. The largest absolute Gasteiger partial charge is 0.356 e. The molecule has 0 radical (unpaired) electrons. The molecule has 2 N–H and O–H groups in total. The van der Waals surface area contributed by atoms with Crippen LogP contribution in [-0.2, 0) is 6.54 Å².